The summed E-state index contributed by atoms with van der Waals surface area (Å²) in [5.74, 6) is -4.49. The molecular weight excluding hydrogens is 392 g/mol. The van der Waals surface area contributed by atoms with Crippen molar-refractivity contribution in [3.05, 3.63) is 57.5 Å². The second kappa shape index (κ2) is 8.60. The molecule has 0 aliphatic carbocycles. The third-order valence-corrected chi connectivity index (χ3v) is 4.82. The van der Waals surface area contributed by atoms with Crippen LogP contribution in [-0.2, 0) is 22.4 Å². The Morgan fingerprint density at radius 3 is 2.43 bits per heavy atom. The van der Waals surface area contributed by atoms with Crippen molar-refractivity contribution in [1.82, 2.24) is 15.0 Å². The second-order valence-electron chi connectivity index (χ2n) is 6.87. The molecule has 1 atom stereocenters. The fourth-order valence-corrected chi connectivity index (χ4v) is 3.27. The maximum Gasteiger partial charge on any atom is 0.314 e. The Morgan fingerprint density at radius 2 is 1.80 bits per heavy atom. The van der Waals surface area contributed by atoms with Gasteiger partial charge in [0.25, 0.3) is 5.56 Å². The normalized spacial score (nSPS) is 12.0. The number of carbonyl (C=O) groups excluding carboxylic acids is 1. The molecule has 156 valence electrons. The van der Waals surface area contributed by atoms with Gasteiger partial charge in [0.15, 0.2) is 5.78 Å². The van der Waals surface area contributed by atoms with Gasteiger partial charge in [-0.3, -0.25) is 24.2 Å². The predicted octanol–water partition coefficient (Wildman–Crippen LogP) is 1.37. The monoisotopic (exact) mass is 412 g/mol. The number of aromatic nitrogens is 3. The molecule has 0 spiro atoms. The number of aromatic amines is 2. The number of anilines is 1. The van der Waals surface area contributed by atoms with Crippen molar-refractivity contribution >= 4 is 34.7 Å². The third kappa shape index (κ3) is 4.54. The topological polar surface area (TPSA) is 179 Å². The summed E-state index contributed by atoms with van der Waals surface area (Å²) in [7, 11) is 0. The zero-order valence-corrected chi connectivity index (χ0v) is 15.8. The van der Waals surface area contributed by atoms with Crippen molar-refractivity contribution in [2.24, 2.45) is 5.92 Å². The lowest BCUT2D eigenvalue weighted by atomic mass is 9.92. The number of nitrogens with two attached hydrogens (primary N) is 1. The Morgan fingerprint density at radius 1 is 1.10 bits per heavy atom. The summed E-state index contributed by atoms with van der Waals surface area (Å²) in [6, 6.07) is 6.47. The molecule has 2 aromatic heterocycles. The van der Waals surface area contributed by atoms with E-state index >= 15 is 0 Å². The van der Waals surface area contributed by atoms with Gasteiger partial charge in [-0.1, -0.05) is 24.3 Å². The minimum atomic E-state index is -1.40. The van der Waals surface area contributed by atoms with Crippen molar-refractivity contribution in [3.63, 3.8) is 0 Å². The highest BCUT2D eigenvalue weighted by molar-refractivity contribution is 6.08. The van der Waals surface area contributed by atoms with E-state index in [2.05, 4.69) is 15.0 Å². The summed E-state index contributed by atoms with van der Waals surface area (Å²) in [6.07, 6.45) is 2.15. The number of aryl methyl sites for hydroxylation is 2. The van der Waals surface area contributed by atoms with Gasteiger partial charge in [0, 0.05) is 18.2 Å². The molecule has 0 saturated heterocycles. The van der Waals surface area contributed by atoms with Crippen LogP contribution >= 0.6 is 0 Å². The highest BCUT2D eigenvalue weighted by Gasteiger charge is 2.27. The van der Waals surface area contributed by atoms with E-state index in [1.807, 2.05) is 0 Å². The first-order valence-corrected chi connectivity index (χ1v) is 9.19. The first-order chi connectivity index (χ1) is 14.3. The molecule has 10 heteroatoms. The standard InChI is InChI=1S/C20H20N4O6/c21-20-23-17-15(18(28)24-20)12(9-22-17)6-3-10-1-4-11(5-2-10)16(27)13(19(29)30)7-8-14(25)26/h1-2,4-5,9,13H,3,6-8H2,(H,25,26)(H,29,30)(H4,21,22,23,24,28)/t13-/m1/s1. The molecule has 0 aliphatic heterocycles. The number of Topliss-reactive ketones (excluding diaryl/α,β-unsaturated/α-hetero) is 1. The van der Waals surface area contributed by atoms with Crippen molar-refractivity contribution in [2.45, 2.75) is 25.7 Å². The van der Waals surface area contributed by atoms with E-state index in [4.69, 9.17) is 10.8 Å². The second-order valence-corrected chi connectivity index (χ2v) is 6.87. The first-order valence-electron chi connectivity index (χ1n) is 9.19. The highest BCUT2D eigenvalue weighted by atomic mass is 16.4. The van der Waals surface area contributed by atoms with Gasteiger partial charge in [-0.25, -0.2) is 0 Å². The van der Waals surface area contributed by atoms with Gasteiger partial charge in [0.05, 0.1) is 5.39 Å². The molecule has 0 fully saturated rings. The van der Waals surface area contributed by atoms with Gasteiger partial charge in [0.1, 0.15) is 11.6 Å². The number of nitrogen functional groups attached to an aromatic ring is 1. The van der Waals surface area contributed by atoms with Crippen molar-refractivity contribution in [3.8, 4) is 0 Å². The number of nitrogens with zero attached hydrogens (tertiary/aromatic N) is 1. The third-order valence-electron chi connectivity index (χ3n) is 4.82. The number of nitrogens with one attached hydrogen (secondary N) is 2. The Labute approximate surface area is 169 Å². The molecule has 1 aromatic carbocycles. The Balaban J connectivity index is 1.70. The van der Waals surface area contributed by atoms with E-state index in [0.717, 1.165) is 11.1 Å². The highest BCUT2D eigenvalue weighted by Crippen LogP contribution is 2.18. The average Bonchev–Trinajstić information content (AvgIpc) is 3.09. The number of hydrogen-bond donors (Lipinski definition) is 5. The van der Waals surface area contributed by atoms with E-state index < -0.39 is 30.1 Å². The van der Waals surface area contributed by atoms with Crippen LogP contribution in [0.4, 0.5) is 5.95 Å². The number of fused-ring (bicyclic) bond motifs is 1. The van der Waals surface area contributed by atoms with Gasteiger partial charge < -0.3 is 20.9 Å². The molecule has 0 aliphatic rings. The number of ketones is 1. The van der Waals surface area contributed by atoms with Crippen LogP contribution in [0.3, 0.4) is 0 Å². The molecule has 3 rings (SSSR count). The molecule has 10 nitrogen and oxygen atoms in total. The van der Waals surface area contributed by atoms with Crippen LogP contribution in [0.1, 0.15) is 34.3 Å². The van der Waals surface area contributed by atoms with Gasteiger partial charge >= 0.3 is 11.9 Å². The number of aliphatic carboxylic acids is 2. The number of rotatable bonds is 9. The maximum absolute atomic E-state index is 12.4. The summed E-state index contributed by atoms with van der Waals surface area (Å²) >= 11 is 0. The van der Waals surface area contributed by atoms with E-state index in [-0.39, 0.29) is 23.5 Å². The molecule has 2 heterocycles. The summed E-state index contributed by atoms with van der Waals surface area (Å²) in [5, 5.41) is 18.4. The Hall–Kier alpha value is -3.95. The number of H-pyrrole nitrogens is 2. The van der Waals surface area contributed by atoms with Crippen molar-refractivity contribution in [1.29, 1.82) is 0 Å². The van der Waals surface area contributed by atoms with Gasteiger partial charge in [-0.05, 0) is 30.4 Å². The molecule has 30 heavy (non-hydrogen) atoms. The van der Waals surface area contributed by atoms with Crippen LogP contribution in [0.2, 0.25) is 0 Å². The van der Waals surface area contributed by atoms with Crippen LogP contribution in [0, 0.1) is 5.92 Å². The van der Waals surface area contributed by atoms with E-state index in [9.17, 15) is 24.3 Å². The van der Waals surface area contributed by atoms with Crippen LogP contribution in [0.5, 0.6) is 0 Å². The van der Waals surface area contributed by atoms with Gasteiger partial charge in [-0.2, -0.15) is 4.98 Å². The fourth-order valence-electron chi connectivity index (χ4n) is 3.27. The molecule has 0 bridgehead atoms. The lowest BCUT2D eigenvalue weighted by molar-refractivity contribution is -0.141. The summed E-state index contributed by atoms with van der Waals surface area (Å²) in [5.41, 5.74) is 7.49. The van der Waals surface area contributed by atoms with Crippen LogP contribution in [0.25, 0.3) is 11.0 Å². The predicted molar refractivity (Wildman–Crippen MR) is 107 cm³/mol. The van der Waals surface area contributed by atoms with Crippen LogP contribution in [0.15, 0.2) is 35.3 Å². The summed E-state index contributed by atoms with van der Waals surface area (Å²) < 4.78 is 0. The molecular formula is C20H20N4O6. The van der Waals surface area contributed by atoms with Crippen LogP contribution in [-0.4, -0.2) is 42.9 Å². The average molecular weight is 412 g/mol. The maximum atomic E-state index is 12.4. The Kier molecular flexibility index (Phi) is 5.95. The molecule has 3 aromatic rings. The molecule has 6 N–H and O–H groups in total. The zero-order valence-electron chi connectivity index (χ0n) is 15.8. The lowest BCUT2D eigenvalue weighted by Gasteiger charge is -2.10. The van der Waals surface area contributed by atoms with Crippen molar-refractivity contribution in [2.75, 3.05) is 5.73 Å². The Bertz CT molecular complexity index is 1160. The SMILES string of the molecule is Nc1nc2[nH]cc(CCc3ccc(C(=O)[C@@H](CCC(=O)O)C(=O)O)cc3)c2c(=O)[nH]1. The number of carbonyl (C=O) groups is 3. The zero-order chi connectivity index (χ0) is 21.8. The van der Waals surface area contributed by atoms with E-state index in [1.54, 1.807) is 18.3 Å². The van der Waals surface area contributed by atoms with Crippen molar-refractivity contribution < 1.29 is 24.6 Å². The van der Waals surface area contributed by atoms with E-state index in [0.29, 0.717) is 23.9 Å². The molecule has 0 saturated carbocycles. The number of benzene rings is 1. The van der Waals surface area contributed by atoms with Gasteiger partial charge in [0.2, 0.25) is 5.95 Å². The van der Waals surface area contributed by atoms with Gasteiger partial charge in [-0.15, -0.1) is 0 Å². The number of carboxylic acid groups (broad SMARTS) is 2. The fraction of sp³-hybridized carbons (Fsp3) is 0.250. The summed E-state index contributed by atoms with van der Waals surface area (Å²) in [6.45, 7) is 0. The molecule has 0 unspecified atom stereocenters. The largest absolute Gasteiger partial charge is 0.481 e. The number of hydrogen-bond acceptors (Lipinski definition) is 6. The molecule has 0 radical (unpaired) electrons. The first kappa shape index (κ1) is 20.8. The minimum Gasteiger partial charge on any atom is -0.481 e. The van der Waals surface area contributed by atoms with E-state index in [1.165, 1.54) is 12.1 Å². The quantitative estimate of drug-likeness (QED) is 0.258. The summed E-state index contributed by atoms with van der Waals surface area (Å²) in [4.78, 5) is 56.0. The minimum absolute atomic E-state index is 0.0316. The number of carboxylic acids is 2. The smallest absolute Gasteiger partial charge is 0.314 e. The molecule has 0 amide bonds. The van der Waals surface area contributed by atoms with Crippen LogP contribution < -0.4 is 11.3 Å². The lowest BCUT2D eigenvalue weighted by Crippen LogP contribution is -2.24.